The minimum Gasteiger partial charge on any atom is -0.382 e. The van der Waals surface area contributed by atoms with E-state index < -0.39 is 15.6 Å². The summed E-state index contributed by atoms with van der Waals surface area (Å²) in [6, 6.07) is 14.6. The van der Waals surface area contributed by atoms with Gasteiger partial charge in [0.15, 0.2) is 0 Å². The number of nitrogens with one attached hydrogen (secondary N) is 3. The van der Waals surface area contributed by atoms with Crippen LogP contribution in [-0.2, 0) is 10.0 Å². The topological polar surface area (TPSA) is 90.5 Å². The molecule has 0 bridgehead atoms. The van der Waals surface area contributed by atoms with Crippen molar-refractivity contribution in [2.24, 2.45) is 5.92 Å². The Hall–Kier alpha value is -2.68. The summed E-state index contributed by atoms with van der Waals surface area (Å²) in [5, 5.41) is 6.24. The van der Waals surface area contributed by atoms with Crippen LogP contribution >= 0.6 is 0 Å². The Balaban J connectivity index is 1.77. The van der Waals surface area contributed by atoms with Crippen LogP contribution in [0, 0.1) is 5.92 Å². The monoisotopic (exact) mass is 498 g/mol. The molecule has 1 aliphatic heterocycles. The number of anilines is 1. The number of carbonyl (C=O) groups excluding carboxylic acids is 1. The van der Waals surface area contributed by atoms with E-state index in [-0.39, 0.29) is 10.8 Å². The minimum absolute atomic E-state index is 0.0620. The molecule has 1 heterocycles. The number of carbonyl (C=O) groups is 1. The summed E-state index contributed by atoms with van der Waals surface area (Å²) in [7, 11) is -1.72. The van der Waals surface area contributed by atoms with Crippen molar-refractivity contribution in [2.45, 2.75) is 44.0 Å². The molecule has 0 aromatic heterocycles. The number of benzene rings is 2. The molecule has 3 rings (SSSR count). The third-order valence-corrected chi connectivity index (χ3v) is 7.46. The van der Waals surface area contributed by atoms with E-state index in [9.17, 15) is 13.2 Å². The minimum atomic E-state index is -3.81. The molecule has 35 heavy (non-hydrogen) atoms. The van der Waals surface area contributed by atoms with Gasteiger partial charge in [0.2, 0.25) is 10.0 Å². The molecule has 1 aliphatic rings. The maximum atomic E-state index is 13.0. The smallest absolute Gasteiger partial charge is 0.251 e. The summed E-state index contributed by atoms with van der Waals surface area (Å²) >= 11 is 0. The van der Waals surface area contributed by atoms with Crippen LogP contribution in [0.15, 0.2) is 59.5 Å². The molecule has 8 heteroatoms. The third kappa shape index (κ3) is 8.80. The summed E-state index contributed by atoms with van der Waals surface area (Å²) in [5.41, 5.74) is 1.33. The molecule has 2 aromatic carbocycles. The molecule has 0 radical (unpaired) electrons. The van der Waals surface area contributed by atoms with E-state index >= 15 is 0 Å². The zero-order valence-electron chi connectivity index (χ0n) is 21.2. The predicted molar refractivity (Wildman–Crippen MR) is 143 cm³/mol. The van der Waals surface area contributed by atoms with Crippen LogP contribution < -0.4 is 15.4 Å². The van der Waals surface area contributed by atoms with Gasteiger partial charge in [-0.15, -0.1) is 0 Å². The summed E-state index contributed by atoms with van der Waals surface area (Å²) < 4.78 is 28.8. The lowest BCUT2D eigenvalue weighted by atomic mass is 9.98. The Labute approximate surface area is 210 Å². The van der Waals surface area contributed by atoms with Crippen LogP contribution in [0.3, 0.4) is 0 Å². The molecule has 0 spiro atoms. The van der Waals surface area contributed by atoms with Gasteiger partial charge in [-0.25, -0.2) is 13.1 Å². The molecule has 0 saturated carbocycles. The van der Waals surface area contributed by atoms with Crippen LogP contribution in [0.25, 0.3) is 6.08 Å². The number of hydrogen-bond acceptors (Lipinski definition) is 5. The van der Waals surface area contributed by atoms with Gasteiger partial charge in [-0.05, 0) is 76.9 Å². The number of sulfonamides is 1. The van der Waals surface area contributed by atoms with Crippen molar-refractivity contribution in [3.05, 3.63) is 65.7 Å². The zero-order valence-corrected chi connectivity index (χ0v) is 22.0. The second kappa shape index (κ2) is 11.8. The molecule has 1 fully saturated rings. The SMILES string of the molecule is CN1CCCC(CNC(=O)c2cc(NC/C=C/c3ccccc3)cc(S(=O)(=O)NC(C)(C)C)c2)C1. The van der Waals surface area contributed by atoms with Crippen LogP contribution in [-0.4, -0.2) is 58.0 Å². The first-order valence-electron chi connectivity index (χ1n) is 12.1. The second-order valence-corrected chi connectivity index (χ2v) is 12.0. The number of hydrogen-bond donors (Lipinski definition) is 3. The van der Waals surface area contributed by atoms with Gasteiger partial charge >= 0.3 is 0 Å². The highest BCUT2D eigenvalue weighted by molar-refractivity contribution is 7.89. The quantitative estimate of drug-likeness (QED) is 0.487. The fourth-order valence-electron chi connectivity index (χ4n) is 4.16. The van der Waals surface area contributed by atoms with Crippen molar-refractivity contribution in [1.82, 2.24) is 14.9 Å². The van der Waals surface area contributed by atoms with Crippen molar-refractivity contribution in [3.63, 3.8) is 0 Å². The lowest BCUT2D eigenvalue weighted by molar-refractivity contribution is 0.0936. The van der Waals surface area contributed by atoms with Crippen molar-refractivity contribution in [3.8, 4) is 0 Å². The lowest BCUT2D eigenvalue weighted by Gasteiger charge is -2.29. The normalized spacial score (nSPS) is 17.4. The number of nitrogens with zero attached hydrogens (tertiary/aromatic N) is 1. The van der Waals surface area contributed by atoms with Gasteiger partial charge in [0.25, 0.3) is 5.91 Å². The molecule has 190 valence electrons. The van der Waals surface area contributed by atoms with E-state index in [0.717, 1.165) is 31.5 Å². The first-order chi connectivity index (χ1) is 16.5. The number of piperidine rings is 1. The Bertz CT molecular complexity index is 1120. The molecule has 1 amide bonds. The van der Waals surface area contributed by atoms with Crippen LogP contribution in [0.4, 0.5) is 5.69 Å². The van der Waals surface area contributed by atoms with Crippen molar-refractivity contribution >= 4 is 27.7 Å². The van der Waals surface area contributed by atoms with Crippen LogP contribution in [0.5, 0.6) is 0 Å². The van der Waals surface area contributed by atoms with Gasteiger partial charge in [-0.3, -0.25) is 4.79 Å². The van der Waals surface area contributed by atoms with Gasteiger partial charge in [-0.1, -0.05) is 42.5 Å². The highest BCUT2D eigenvalue weighted by atomic mass is 32.2. The molecule has 7 nitrogen and oxygen atoms in total. The first kappa shape index (κ1) is 26.9. The third-order valence-electron chi connectivity index (χ3n) is 5.73. The maximum absolute atomic E-state index is 13.0. The molecule has 3 N–H and O–H groups in total. The summed E-state index contributed by atoms with van der Waals surface area (Å²) in [6.07, 6.45) is 6.15. The Morgan fingerprint density at radius 3 is 2.57 bits per heavy atom. The molecule has 1 unspecified atom stereocenters. The largest absolute Gasteiger partial charge is 0.382 e. The molecule has 0 aliphatic carbocycles. The number of likely N-dealkylation sites (tertiary alicyclic amines) is 1. The Kier molecular flexibility index (Phi) is 9.10. The van der Waals surface area contributed by atoms with Gasteiger partial charge in [0, 0.05) is 36.4 Å². The van der Waals surface area contributed by atoms with Gasteiger partial charge in [0.05, 0.1) is 4.90 Å². The van der Waals surface area contributed by atoms with Crippen LogP contribution in [0.1, 0.15) is 49.5 Å². The molecule has 1 atom stereocenters. The summed E-state index contributed by atoms with van der Waals surface area (Å²) in [4.78, 5) is 15.4. The number of amides is 1. The average molecular weight is 499 g/mol. The fraction of sp³-hybridized carbons (Fsp3) is 0.444. The molecule has 1 saturated heterocycles. The van der Waals surface area contributed by atoms with E-state index in [0.29, 0.717) is 30.3 Å². The predicted octanol–water partition coefficient (Wildman–Crippen LogP) is 3.96. The fourth-order valence-corrected chi connectivity index (χ4v) is 5.65. The lowest BCUT2D eigenvalue weighted by Crippen LogP contribution is -2.40. The molecular formula is C27H38N4O3S. The van der Waals surface area contributed by atoms with E-state index in [1.807, 2.05) is 42.5 Å². The second-order valence-electron chi connectivity index (χ2n) is 10.3. The molecular weight excluding hydrogens is 460 g/mol. The van der Waals surface area contributed by atoms with E-state index in [4.69, 9.17) is 0 Å². The van der Waals surface area contributed by atoms with Gasteiger partial charge in [0.1, 0.15) is 0 Å². The van der Waals surface area contributed by atoms with Crippen LogP contribution in [0.2, 0.25) is 0 Å². The first-order valence-corrected chi connectivity index (χ1v) is 13.6. The van der Waals surface area contributed by atoms with Crippen molar-refractivity contribution < 1.29 is 13.2 Å². The van der Waals surface area contributed by atoms with E-state index in [1.165, 1.54) is 6.07 Å². The highest BCUT2D eigenvalue weighted by Crippen LogP contribution is 2.21. The maximum Gasteiger partial charge on any atom is 0.251 e. The average Bonchev–Trinajstić information content (AvgIpc) is 2.79. The summed E-state index contributed by atoms with van der Waals surface area (Å²) in [5.74, 6) is 0.127. The van der Waals surface area contributed by atoms with Gasteiger partial charge in [-0.2, -0.15) is 0 Å². The van der Waals surface area contributed by atoms with Crippen molar-refractivity contribution in [1.29, 1.82) is 0 Å². The van der Waals surface area contributed by atoms with Crippen molar-refractivity contribution in [2.75, 3.05) is 38.5 Å². The Morgan fingerprint density at radius 1 is 1.14 bits per heavy atom. The van der Waals surface area contributed by atoms with E-state index in [1.54, 1.807) is 32.9 Å². The zero-order chi connectivity index (χ0) is 25.5. The Morgan fingerprint density at radius 2 is 1.89 bits per heavy atom. The molecule has 2 aromatic rings. The van der Waals surface area contributed by atoms with Gasteiger partial charge < -0.3 is 15.5 Å². The standard InChI is InChI=1S/C27H38N4O3S/c1-27(2,3)30-35(33,34)25-17-23(26(32)29-19-22-13-9-15-31(4)20-22)16-24(18-25)28-14-8-12-21-10-6-5-7-11-21/h5-8,10-12,16-18,22,28,30H,9,13-15,19-20H2,1-4H3,(H,29,32)/b12-8+. The van der Waals surface area contributed by atoms with E-state index in [2.05, 4.69) is 27.3 Å². The summed E-state index contributed by atoms with van der Waals surface area (Å²) in [6.45, 7) is 8.45. The number of rotatable bonds is 9. The highest BCUT2D eigenvalue weighted by Gasteiger charge is 2.24.